The highest BCUT2D eigenvalue weighted by Gasteiger charge is 2.33. The molecule has 1 aliphatic rings. The number of hydrogen-bond acceptors (Lipinski definition) is 1. The van der Waals surface area contributed by atoms with Crippen molar-refractivity contribution in [3.05, 3.63) is 11.1 Å². The zero-order valence-electron chi connectivity index (χ0n) is 12.7. The van der Waals surface area contributed by atoms with E-state index in [0.717, 1.165) is 12.0 Å². The molecule has 96 valence electrons. The summed E-state index contributed by atoms with van der Waals surface area (Å²) in [6, 6.07) is 0. The number of allylic oxidation sites excluding steroid dienone is 2. The maximum Gasteiger partial charge on any atom is 0.161 e. The van der Waals surface area contributed by atoms with Crippen LogP contribution in [0.2, 0.25) is 0 Å². The summed E-state index contributed by atoms with van der Waals surface area (Å²) >= 11 is 0. The van der Waals surface area contributed by atoms with Crippen LogP contribution in [0.25, 0.3) is 0 Å². The topological polar surface area (TPSA) is 17.1 Å². The van der Waals surface area contributed by atoms with Gasteiger partial charge in [0.2, 0.25) is 0 Å². The summed E-state index contributed by atoms with van der Waals surface area (Å²) in [5.41, 5.74) is 2.47. The van der Waals surface area contributed by atoms with Gasteiger partial charge in [0.15, 0.2) is 5.78 Å². The fraction of sp³-hybridized carbons (Fsp3) is 0.800. The quantitative estimate of drug-likeness (QED) is 0.567. The average molecular weight is 226 g/mol. The Bertz CT molecular complexity index is 246. The third kappa shape index (κ3) is 4.11. The van der Waals surface area contributed by atoms with Gasteiger partial charge in [0.1, 0.15) is 0 Å². The molecule has 0 radical (unpaired) electrons. The lowest BCUT2D eigenvalue weighted by Crippen LogP contribution is -2.30. The van der Waals surface area contributed by atoms with Gasteiger partial charge in [-0.2, -0.15) is 0 Å². The van der Waals surface area contributed by atoms with E-state index in [-0.39, 0.29) is 11.3 Å². The average Bonchev–Trinajstić information content (AvgIpc) is 2.29. The Morgan fingerprint density at radius 3 is 1.81 bits per heavy atom. The molecule has 1 nitrogen and oxygen atoms in total. The molecule has 0 saturated heterocycles. The Kier molecular flexibility index (Phi) is 8.50. The molecule has 1 heteroatoms. The van der Waals surface area contributed by atoms with Crippen LogP contribution >= 0.6 is 0 Å². The molecule has 1 atom stereocenters. The van der Waals surface area contributed by atoms with Crippen molar-refractivity contribution in [3.63, 3.8) is 0 Å². The normalized spacial score (nSPS) is 22.8. The summed E-state index contributed by atoms with van der Waals surface area (Å²) in [4.78, 5) is 11.6. The molecule has 0 fully saturated rings. The fourth-order valence-electron chi connectivity index (χ4n) is 2.07. The van der Waals surface area contributed by atoms with E-state index >= 15 is 0 Å². The molecule has 16 heavy (non-hydrogen) atoms. The van der Waals surface area contributed by atoms with Crippen LogP contribution in [0.15, 0.2) is 11.1 Å². The molecule has 0 spiro atoms. The van der Waals surface area contributed by atoms with E-state index < -0.39 is 0 Å². The van der Waals surface area contributed by atoms with Crippen molar-refractivity contribution in [1.29, 1.82) is 0 Å². The number of carbonyl (C=O) groups excluding carboxylic acids is 1. The van der Waals surface area contributed by atoms with Gasteiger partial charge >= 0.3 is 0 Å². The van der Waals surface area contributed by atoms with E-state index in [4.69, 9.17) is 0 Å². The first kappa shape index (κ1) is 17.8. The predicted octanol–water partition coefficient (Wildman–Crippen LogP) is 5.01. The van der Waals surface area contributed by atoms with Gasteiger partial charge in [-0.25, -0.2) is 0 Å². The first-order valence-electron chi connectivity index (χ1n) is 6.58. The van der Waals surface area contributed by atoms with Crippen LogP contribution in [0.4, 0.5) is 0 Å². The molecular formula is C15H30O. The Balaban J connectivity index is 0. The van der Waals surface area contributed by atoms with Crippen molar-refractivity contribution in [3.8, 4) is 0 Å². The van der Waals surface area contributed by atoms with Crippen molar-refractivity contribution in [2.75, 3.05) is 0 Å². The first-order chi connectivity index (χ1) is 7.36. The summed E-state index contributed by atoms with van der Waals surface area (Å²) in [6.07, 6.45) is 0.995. The number of hydrogen-bond donors (Lipinski definition) is 0. The third-order valence-electron chi connectivity index (χ3n) is 3.21. The molecule has 1 rings (SSSR count). The van der Waals surface area contributed by atoms with E-state index in [1.807, 2.05) is 41.5 Å². The van der Waals surface area contributed by atoms with Crippen LogP contribution in [-0.4, -0.2) is 5.78 Å². The lowest BCUT2D eigenvalue weighted by Gasteiger charge is -2.35. The number of ketones is 1. The second-order valence-electron chi connectivity index (χ2n) is 4.60. The van der Waals surface area contributed by atoms with E-state index in [1.54, 1.807) is 0 Å². The predicted molar refractivity (Wildman–Crippen MR) is 73.6 cm³/mol. The standard InChI is InChI=1S/C11H18O.2C2H6/c1-7-6-11(4,5)9(3)8(2)10(7)12;2*1-2/h7H,6H2,1-5H3;2*1-2H3. The van der Waals surface area contributed by atoms with Crippen LogP contribution in [0.5, 0.6) is 0 Å². The highest BCUT2D eigenvalue weighted by atomic mass is 16.1. The second-order valence-corrected chi connectivity index (χ2v) is 4.60. The maximum atomic E-state index is 11.6. The minimum atomic E-state index is 0.212. The highest BCUT2D eigenvalue weighted by molar-refractivity contribution is 5.98. The van der Waals surface area contributed by atoms with Gasteiger partial charge in [0, 0.05) is 5.92 Å². The minimum Gasteiger partial charge on any atom is -0.294 e. The van der Waals surface area contributed by atoms with Crippen molar-refractivity contribution in [1.82, 2.24) is 0 Å². The summed E-state index contributed by atoms with van der Waals surface area (Å²) in [6.45, 7) is 18.5. The van der Waals surface area contributed by atoms with Gasteiger partial charge < -0.3 is 0 Å². The zero-order valence-corrected chi connectivity index (χ0v) is 12.7. The second kappa shape index (κ2) is 7.65. The zero-order chi connectivity index (χ0) is 13.5. The molecule has 0 N–H and O–H groups in total. The Labute approximate surface area is 102 Å². The molecule has 0 heterocycles. The van der Waals surface area contributed by atoms with E-state index in [1.165, 1.54) is 5.57 Å². The molecule has 0 saturated carbocycles. The van der Waals surface area contributed by atoms with Gasteiger partial charge in [0.05, 0.1) is 0 Å². The van der Waals surface area contributed by atoms with Crippen LogP contribution < -0.4 is 0 Å². The SMILES string of the molecule is CC.CC.CC1=C(C)C(C)(C)CC(C)C1=O. The van der Waals surface area contributed by atoms with Gasteiger partial charge in [-0.3, -0.25) is 4.79 Å². The van der Waals surface area contributed by atoms with E-state index in [9.17, 15) is 4.79 Å². The monoisotopic (exact) mass is 226 g/mol. The van der Waals surface area contributed by atoms with Gasteiger partial charge in [-0.1, -0.05) is 54.0 Å². The van der Waals surface area contributed by atoms with Crippen molar-refractivity contribution < 1.29 is 4.79 Å². The Morgan fingerprint density at radius 1 is 1.06 bits per heavy atom. The lowest BCUT2D eigenvalue weighted by molar-refractivity contribution is -0.120. The van der Waals surface area contributed by atoms with Crippen molar-refractivity contribution >= 4 is 5.78 Å². The molecule has 0 aromatic heterocycles. The minimum absolute atomic E-state index is 0.212. The molecule has 1 aliphatic carbocycles. The van der Waals surface area contributed by atoms with E-state index in [0.29, 0.717) is 5.78 Å². The summed E-state index contributed by atoms with van der Waals surface area (Å²) in [7, 11) is 0. The molecule has 0 aliphatic heterocycles. The molecule has 0 bridgehead atoms. The Morgan fingerprint density at radius 2 is 1.44 bits per heavy atom. The van der Waals surface area contributed by atoms with Crippen molar-refractivity contribution in [2.45, 2.75) is 68.7 Å². The van der Waals surface area contributed by atoms with Gasteiger partial charge in [-0.15, -0.1) is 0 Å². The summed E-state index contributed by atoms with van der Waals surface area (Å²) < 4.78 is 0. The van der Waals surface area contributed by atoms with Crippen molar-refractivity contribution in [2.24, 2.45) is 11.3 Å². The number of Topliss-reactive ketones (excluding diaryl/α,β-unsaturated/α-hetero) is 1. The van der Waals surface area contributed by atoms with Crippen LogP contribution in [0.3, 0.4) is 0 Å². The van der Waals surface area contributed by atoms with Gasteiger partial charge in [0.25, 0.3) is 0 Å². The maximum absolute atomic E-state index is 11.6. The number of rotatable bonds is 0. The van der Waals surface area contributed by atoms with Crippen LogP contribution in [-0.2, 0) is 4.79 Å². The van der Waals surface area contributed by atoms with Gasteiger partial charge in [-0.05, 0) is 31.3 Å². The number of carbonyl (C=O) groups is 1. The molecule has 0 amide bonds. The Hall–Kier alpha value is -0.590. The first-order valence-corrected chi connectivity index (χ1v) is 6.58. The van der Waals surface area contributed by atoms with E-state index in [2.05, 4.69) is 20.8 Å². The molecule has 0 aromatic rings. The lowest BCUT2D eigenvalue weighted by atomic mass is 9.69. The molecule has 1 unspecified atom stereocenters. The molecule has 0 aromatic carbocycles. The smallest absolute Gasteiger partial charge is 0.161 e. The molecular weight excluding hydrogens is 196 g/mol. The third-order valence-corrected chi connectivity index (χ3v) is 3.21. The summed E-state index contributed by atoms with van der Waals surface area (Å²) in [5.74, 6) is 0.551. The highest BCUT2D eigenvalue weighted by Crippen LogP contribution is 2.40. The fourth-order valence-corrected chi connectivity index (χ4v) is 2.07. The van der Waals surface area contributed by atoms with Crippen LogP contribution in [0, 0.1) is 11.3 Å². The largest absolute Gasteiger partial charge is 0.294 e. The summed E-state index contributed by atoms with van der Waals surface area (Å²) in [5, 5.41) is 0. The van der Waals surface area contributed by atoms with Crippen LogP contribution in [0.1, 0.15) is 68.7 Å².